The molecule has 5 nitrogen and oxygen atoms in total. The number of amides is 1. The van der Waals surface area contributed by atoms with E-state index < -0.39 is 0 Å². The molecule has 0 atom stereocenters. The predicted octanol–water partition coefficient (Wildman–Crippen LogP) is 5.89. The molecule has 2 heterocycles. The van der Waals surface area contributed by atoms with Gasteiger partial charge in [0.05, 0.1) is 6.61 Å². The lowest BCUT2D eigenvalue weighted by atomic mass is 9.94. The molecule has 0 unspecified atom stereocenters. The van der Waals surface area contributed by atoms with E-state index in [2.05, 4.69) is 46.6 Å². The lowest BCUT2D eigenvalue weighted by Gasteiger charge is -2.32. The highest BCUT2D eigenvalue weighted by Gasteiger charge is 2.22. The number of nitrogens with one attached hydrogen (secondary N) is 1. The van der Waals surface area contributed by atoms with Crippen LogP contribution in [0.4, 0.5) is 0 Å². The zero-order valence-electron chi connectivity index (χ0n) is 20.9. The molecule has 0 bridgehead atoms. The van der Waals surface area contributed by atoms with Gasteiger partial charge in [-0.25, -0.2) is 0 Å². The van der Waals surface area contributed by atoms with Crippen molar-refractivity contribution < 1.29 is 13.9 Å². The number of likely N-dealkylation sites (tertiary alicyclic amines) is 1. The Balaban J connectivity index is 1.26. The summed E-state index contributed by atoms with van der Waals surface area (Å²) in [4.78, 5) is 15.4. The Morgan fingerprint density at radius 3 is 2.69 bits per heavy atom. The predicted molar refractivity (Wildman–Crippen MR) is 141 cm³/mol. The minimum absolute atomic E-state index is 0.0271. The molecule has 1 aromatic heterocycles. The van der Waals surface area contributed by atoms with Crippen molar-refractivity contribution in [3.05, 3.63) is 71.0 Å². The third-order valence-electron chi connectivity index (χ3n) is 7.31. The van der Waals surface area contributed by atoms with Crippen LogP contribution in [0.25, 0.3) is 16.5 Å². The molecule has 184 valence electrons. The number of rotatable bonds is 7. The van der Waals surface area contributed by atoms with Crippen molar-refractivity contribution in [1.29, 1.82) is 0 Å². The molecule has 2 aromatic carbocycles. The number of piperidine rings is 1. The van der Waals surface area contributed by atoms with Gasteiger partial charge in [0.15, 0.2) is 0 Å². The molecule has 0 spiro atoms. The molecule has 0 saturated carbocycles. The monoisotopic (exact) mass is 472 g/mol. The normalized spacial score (nSPS) is 17.4. The van der Waals surface area contributed by atoms with Gasteiger partial charge in [-0.3, -0.25) is 9.69 Å². The molecular formula is C30H36N2O3. The van der Waals surface area contributed by atoms with E-state index in [9.17, 15) is 4.79 Å². The zero-order valence-corrected chi connectivity index (χ0v) is 20.9. The Labute approximate surface area is 208 Å². The van der Waals surface area contributed by atoms with Gasteiger partial charge >= 0.3 is 0 Å². The van der Waals surface area contributed by atoms with Crippen LogP contribution >= 0.6 is 0 Å². The number of carbonyl (C=O) groups is 1. The average molecular weight is 473 g/mol. The summed E-state index contributed by atoms with van der Waals surface area (Å²) in [5, 5.41) is 4.40. The van der Waals surface area contributed by atoms with Crippen LogP contribution in [-0.2, 0) is 24.2 Å². The third-order valence-corrected chi connectivity index (χ3v) is 7.31. The van der Waals surface area contributed by atoms with Crippen LogP contribution in [-0.4, -0.2) is 36.5 Å². The topological polar surface area (TPSA) is 54.7 Å². The smallest absolute Gasteiger partial charge is 0.244 e. The van der Waals surface area contributed by atoms with Gasteiger partial charge < -0.3 is 14.5 Å². The number of benzene rings is 2. The fourth-order valence-corrected chi connectivity index (χ4v) is 5.47. The van der Waals surface area contributed by atoms with Gasteiger partial charge in [-0.15, -0.1) is 0 Å². The number of allylic oxidation sites excluding steroid dienone is 1. The number of carbonyl (C=O) groups excluding carboxylic acids is 1. The molecule has 2 aliphatic rings. The maximum Gasteiger partial charge on any atom is 0.244 e. The van der Waals surface area contributed by atoms with Crippen molar-refractivity contribution in [1.82, 2.24) is 10.2 Å². The number of hydrogen-bond acceptors (Lipinski definition) is 4. The number of hydrogen-bond donors (Lipinski definition) is 1. The minimum atomic E-state index is -0.0271. The van der Waals surface area contributed by atoms with Gasteiger partial charge in [0.25, 0.3) is 0 Å². The molecule has 35 heavy (non-hydrogen) atoms. The molecule has 5 rings (SSSR count). The van der Waals surface area contributed by atoms with Crippen LogP contribution in [0, 0.1) is 0 Å². The lowest BCUT2D eigenvalue weighted by Crippen LogP contribution is -2.43. The molecule has 1 amide bonds. The van der Waals surface area contributed by atoms with Gasteiger partial charge in [-0.1, -0.05) is 30.3 Å². The molecule has 3 aromatic rings. The van der Waals surface area contributed by atoms with E-state index in [1.807, 2.05) is 19.9 Å². The SMILES string of the molecule is CCOc1cc2oc3c(c2cc1/C(C)=C/C(=O)NC1CCN(Cc2ccccc2)CC1)CCCC3. The van der Waals surface area contributed by atoms with Crippen molar-refractivity contribution in [3.8, 4) is 5.75 Å². The van der Waals surface area contributed by atoms with E-state index in [0.29, 0.717) is 6.61 Å². The van der Waals surface area contributed by atoms with Crippen LogP contribution in [0.2, 0.25) is 0 Å². The summed E-state index contributed by atoms with van der Waals surface area (Å²) < 4.78 is 12.1. The molecule has 0 radical (unpaired) electrons. The first-order valence-corrected chi connectivity index (χ1v) is 13.1. The summed E-state index contributed by atoms with van der Waals surface area (Å²) in [6, 6.07) is 15.0. The van der Waals surface area contributed by atoms with E-state index in [-0.39, 0.29) is 11.9 Å². The summed E-state index contributed by atoms with van der Waals surface area (Å²) in [5.41, 5.74) is 5.45. The first kappa shape index (κ1) is 23.7. The fourth-order valence-electron chi connectivity index (χ4n) is 5.47. The Hall–Kier alpha value is -3.05. The van der Waals surface area contributed by atoms with E-state index in [1.54, 1.807) is 6.08 Å². The van der Waals surface area contributed by atoms with Crippen molar-refractivity contribution >= 4 is 22.4 Å². The molecule has 1 fully saturated rings. The lowest BCUT2D eigenvalue weighted by molar-refractivity contribution is -0.117. The Morgan fingerprint density at radius 2 is 1.91 bits per heavy atom. The van der Waals surface area contributed by atoms with Gasteiger partial charge in [-0.05, 0) is 63.2 Å². The van der Waals surface area contributed by atoms with Crippen LogP contribution in [0.15, 0.2) is 53.0 Å². The number of furan rings is 1. The van der Waals surface area contributed by atoms with Gasteiger partial charge in [0, 0.05) is 60.8 Å². The Kier molecular flexibility index (Phi) is 7.24. The second-order valence-corrected chi connectivity index (χ2v) is 9.86. The van der Waals surface area contributed by atoms with Gasteiger partial charge in [0.2, 0.25) is 5.91 Å². The summed E-state index contributed by atoms with van der Waals surface area (Å²) in [6.07, 6.45) is 8.12. The highest BCUT2D eigenvalue weighted by molar-refractivity contribution is 5.97. The standard InChI is InChI=1S/C30H36N2O3/c1-3-34-28-19-29-26(24-11-7-8-12-27(24)35-29)18-25(28)21(2)17-30(33)31-23-13-15-32(16-14-23)20-22-9-5-4-6-10-22/h4-6,9-10,17-19,23H,3,7-8,11-16,20H2,1-2H3,(H,31,33)/b21-17+. The highest BCUT2D eigenvalue weighted by Crippen LogP contribution is 2.38. The zero-order chi connectivity index (χ0) is 24.2. The second kappa shape index (κ2) is 10.7. The molecular weight excluding hydrogens is 436 g/mol. The van der Waals surface area contributed by atoms with Gasteiger partial charge in [0.1, 0.15) is 17.1 Å². The van der Waals surface area contributed by atoms with Crippen LogP contribution in [0.5, 0.6) is 5.75 Å². The highest BCUT2D eigenvalue weighted by atomic mass is 16.5. The first-order valence-electron chi connectivity index (χ1n) is 13.1. The average Bonchev–Trinajstić information content (AvgIpc) is 3.23. The summed E-state index contributed by atoms with van der Waals surface area (Å²) >= 11 is 0. The maximum absolute atomic E-state index is 12.9. The largest absolute Gasteiger partial charge is 0.493 e. The van der Waals surface area contributed by atoms with E-state index in [0.717, 1.165) is 78.9 Å². The number of fused-ring (bicyclic) bond motifs is 3. The summed E-state index contributed by atoms with van der Waals surface area (Å²) in [7, 11) is 0. The Morgan fingerprint density at radius 1 is 1.14 bits per heavy atom. The van der Waals surface area contributed by atoms with Crippen LogP contribution in [0.3, 0.4) is 0 Å². The van der Waals surface area contributed by atoms with Crippen molar-refractivity contribution in [3.63, 3.8) is 0 Å². The molecule has 1 aliphatic carbocycles. The number of ether oxygens (including phenoxy) is 1. The first-order chi connectivity index (χ1) is 17.1. The molecule has 1 saturated heterocycles. The number of aryl methyl sites for hydroxylation is 2. The minimum Gasteiger partial charge on any atom is -0.493 e. The summed E-state index contributed by atoms with van der Waals surface area (Å²) in [5.74, 6) is 1.87. The molecule has 1 N–H and O–H groups in total. The van der Waals surface area contributed by atoms with Crippen LogP contribution < -0.4 is 10.1 Å². The molecule has 5 heteroatoms. The maximum atomic E-state index is 12.9. The third kappa shape index (κ3) is 5.46. The summed E-state index contributed by atoms with van der Waals surface area (Å²) in [6.45, 7) is 7.52. The molecule has 1 aliphatic heterocycles. The van der Waals surface area contributed by atoms with E-state index in [1.165, 1.54) is 24.0 Å². The van der Waals surface area contributed by atoms with Crippen molar-refractivity contribution in [2.75, 3.05) is 19.7 Å². The number of nitrogens with zero attached hydrogens (tertiary/aromatic N) is 1. The van der Waals surface area contributed by atoms with Crippen molar-refractivity contribution in [2.45, 2.75) is 65.0 Å². The quantitative estimate of drug-likeness (QED) is 0.435. The van der Waals surface area contributed by atoms with E-state index >= 15 is 0 Å². The van der Waals surface area contributed by atoms with Gasteiger partial charge in [-0.2, -0.15) is 0 Å². The van der Waals surface area contributed by atoms with Crippen LogP contribution in [0.1, 0.15) is 62.0 Å². The van der Waals surface area contributed by atoms with E-state index in [4.69, 9.17) is 9.15 Å². The Bertz CT molecular complexity index is 1200. The fraction of sp³-hybridized carbons (Fsp3) is 0.433. The second-order valence-electron chi connectivity index (χ2n) is 9.86. The van der Waals surface area contributed by atoms with Crippen molar-refractivity contribution in [2.24, 2.45) is 0 Å².